The minimum atomic E-state index is 0.529. The molecule has 82 valence electrons. The fraction of sp³-hybridized carbons (Fsp3) is 0.500. The topological polar surface area (TPSA) is 21.3 Å². The predicted molar refractivity (Wildman–Crippen MR) is 62.8 cm³/mol. The summed E-state index contributed by atoms with van der Waals surface area (Å²) in [5.41, 5.74) is 1.21. The molecule has 1 aromatic rings. The Kier molecular flexibility index (Phi) is 3.49. The summed E-state index contributed by atoms with van der Waals surface area (Å²) in [6.45, 7) is 2.14. The van der Waals surface area contributed by atoms with E-state index in [1.54, 1.807) is 7.11 Å². The first kappa shape index (κ1) is 10.8. The van der Waals surface area contributed by atoms with Crippen molar-refractivity contribution in [2.24, 2.45) is 0 Å². The summed E-state index contributed by atoms with van der Waals surface area (Å²) in [5.74, 6) is 1.42. The molecular weight excluding hydrogens is 210 g/mol. The molecule has 0 aromatic heterocycles. The number of halogens is 1. The van der Waals surface area contributed by atoms with Crippen molar-refractivity contribution in [1.82, 2.24) is 5.32 Å². The van der Waals surface area contributed by atoms with E-state index in [0.717, 1.165) is 23.9 Å². The van der Waals surface area contributed by atoms with Gasteiger partial charge in [0.25, 0.3) is 0 Å². The molecule has 0 aliphatic carbocycles. The highest BCUT2D eigenvalue weighted by atomic mass is 35.5. The third-order valence-corrected chi connectivity index (χ3v) is 3.28. The molecule has 1 aliphatic rings. The SMILES string of the molecule is COc1ccc(Cl)c(C2CCCNC2)c1. The number of rotatable bonds is 2. The van der Waals surface area contributed by atoms with E-state index in [2.05, 4.69) is 11.4 Å². The van der Waals surface area contributed by atoms with Gasteiger partial charge in [-0.25, -0.2) is 0 Å². The van der Waals surface area contributed by atoms with Gasteiger partial charge in [-0.2, -0.15) is 0 Å². The van der Waals surface area contributed by atoms with Crippen LogP contribution in [-0.4, -0.2) is 20.2 Å². The molecule has 1 aliphatic heterocycles. The maximum absolute atomic E-state index is 6.20. The molecule has 0 spiro atoms. The molecule has 0 amide bonds. The molecule has 0 radical (unpaired) electrons. The molecule has 0 bridgehead atoms. The fourth-order valence-corrected chi connectivity index (χ4v) is 2.35. The van der Waals surface area contributed by atoms with Gasteiger partial charge in [0.15, 0.2) is 0 Å². The van der Waals surface area contributed by atoms with E-state index >= 15 is 0 Å². The fourth-order valence-electron chi connectivity index (χ4n) is 2.08. The van der Waals surface area contributed by atoms with Crippen LogP contribution in [0.2, 0.25) is 5.02 Å². The molecule has 1 atom stereocenters. The zero-order valence-corrected chi connectivity index (χ0v) is 9.68. The summed E-state index contributed by atoms with van der Waals surface area (Å²) in [6.07, 6.45) is 2.43. The number of piperidine rings is 1. The zero-order valence-electron chi connectivity index (χ0n) is 8.92. The second-order valence-corrected chi connectivity index (χ2v) is 4.34. The van der Waals surface area contributed by atoms with Crippen molar-refractivity contribution < 1.29 is 4.74 Å². The second kappa shape index (κ2) is 4.86. The van der Waals surface area contributed by atoms with Crippen LogP contribution in [0.25, 0.3) is 0 Å². The van der Waals surface area contributed by atoms with Gasteiger partial charge in [0, 0.05) is 11.6 Å². The molecule has 15 heavy (non-hydrogen) atoms. The van der Waals surface area contributed by atoms with Crippen LogP contribution in [0.4, 0.5) is 0 Å². The first-order valence-corrected chi connectivity index (χ1v) is 5.73. The monoisotopic (exact) mass is 225 g/mol. The van der Waals surface area contributed by atoms with Crippen molar-refractivity contribution in [3.05, 3.63) is 28.8 Å². The van der Waals surface area contributed by atoms with Crippen molar-refractivity contribution in [2.45, 2.75) is 18.8 Å². The summed E-state index contributed by atoms with van der Waals surface area (Å²) < 4.78 is 5.22. The predicted octanol–water partition coefficient (Wildman–Crippen LogP) is 2.82. The van der Waals surface area contributed by atoms with E-state index in [9.17, 15) is 0 Å². The Bertz CT molecular complexity index is 334. The lowest BCUT2D eigenvalue weighted by molar-refractivity contribution is 0.411. The van der Waals surface area contributed by atoms with E-state index in [4.69, 9.17) is 16.3 Å². The molecule has 2 nitrogen and oxygen atoms in total. The maximum atomic E-state index is 6.20. The highest BCUT2D eigenvalue weighted by Gasteiger charge is 2.18. The Morgan fingerprint density at radius 3 is 3.00 bits per heavy atom. The number of hydrogen-bond acceptors (Lipinski definition) is 2. The molecule has 2 rings (SSSR count). The van der Waals surface area contributed by atoms with Gasteiger partial charge in [-0.1, -0.05) is 11.6 Å². The van der Waals surface area contributed by atoms with Gasteiger partial charge in [0.1, 0.15) is 5.75 Å². The van der Waals surface area contributed by atoms with Gasteiger partial charge in [0.2, 0.25) is 0 Å². The van der Waals surface area contributed by atoms with Crippen molar-refractivity contribution in [2.75, 3.05) is 20.2 Å². The van der Waals surface area contributed by atoms with Gasteiger partial charge < -0.3 is 10.1 Å². The minimum absolute atomic E-state index is 0.529. The first-order valence-electron chi connectivity index (χ1n) is 5.35. The Labute approximate surface area is 95.6 Å². The van der Waals surface area contributed by atoms with Crippen molar-refractivity contribution in [3.63, 3.8) is 0 Å². The average molecular weight is 226 g/mol. The third-order valence-electron chi connectivity index (χ3n) is 2.94. The van der Waals surface area contributed by atoms with Crippen molar-refractivity contribution in [3.8, 4) is 5.75 Å². The van der Waals surface area contributed by atoms with Crippen LogP contribution >= 0.6 is 11.6 Å². The lowest BCUT2D eigenvalue weighted by Crippen LogP contribution is -2.28. The molecule has 1 fully saturated rings. The quantitative estimate of drug-likeness (QED) is 0.836. The molecule has 1 saturated heterocycles. The summed E-state index contributed by atoms with van der Waals surface area (Å²) in [7, 11) is 1.69. The molecule has 3 heteroatoms. The van der Waals surface area contributed by atoms with E-state index in [1.165, 1.54) is 18.4 Å². The van der Waals surface area contributed by atoms with E-state index in [0.29, 0.717) is 5.92 Å². The van der Waals surface area contributed by atoms with Crippen LogP contribution in [0.15, 0.2) is 18.2 Å². The Morgan fingerprint density at radius 2 is 2.33 bits per heavy atom. The van der Waals surface area contributed by atoms with E-state index in [-0.39, 0.29) is 0 Å². The summed E-state index contributed by atoms with van der Waals surface area (Å²) in [6, 6.07) is 5.88. The van der Waals surface area contributed by atoms with Gasteiger partial charge in [-0.3, -0.25) is 0 Å². The molecule has 1 aromatic carbocycles. The van der Waals surface area contributed by atoms with E-state index < -0.39 is 0 Å². The van der Waals surface area contributed by atoms with Crippen molar-refractivity contribution >= 4 is 11.6 Å². The summed E-state index contributed by atoms with van der Waals surface area (Å²) in [5, 5.41) is 4.25. The van der Waals surface area contributed by atoms with Crippen LogP contribution in [0, 0.1) is 0 Å². The number of nitrogens with one attached hydrogen (secondary N) is 1. The molecule has 1 N–H and O–H groups in total. The van der Waals surface area contributed by atoms with Crippen LogP contribution in [0.1, 0.15) is 24.3 Å². The van der Waals surface area contributed by atoms with Crippen LogP contribution in [0.3, 0.4) is 0 Å². The Morgan fingerprint density at radius 1 is 1.47 bits per heavy atom. The number of ether oxygens (including phenoxy) is 1. The largest absolute Gasteiger partial charge is 0.497 e. The van der Waals surface area contributed by atoms with Crippen molar-refractivity contribution in [1.29, 1.82) is 0 Å². The van der Waals surface area contributed by atoms with Gasteiger partial charge in [0.05, 0.1) is 7.11 Å². The van der Waals surface area contributed by atoms with Crippen LogP contribution < -0.4 is 10.1 Å². The lowest BCUT2D eigenvalue weighted by Gasteiger charge is -2.24. The summed E-state index contributed by atoms with van der Waals surface area (Å²) >= 11 is 6.20. The number of benzene rings is 1. The Hall–Kier alpha value is -0.730. The zero-order chi connectivity index (χ0) is 10.7. The second-order valence-electron chi connectivity index (χ2n) is 3.93. The molecule has 1 heterocycles. The lowest BCUT2D eigenvalue weighted by atomic mass is 9.91. The highest BCUT2D eigenvalue weighted by molar-refractivity contribution is 6.31. The normalized spacial score (nSPS) is 21.3. The van der Waals surface area contributed by atoms with E-state index in [1.807, 2.05) is 12.1 Å². The number of methoxy groups -OCH3 is 1. The average Bonchev–Trinajstić information content (AvgIpc) is 2.31. The smallest absolute Gasteiger partial charge is 0.119 e. The standard InChI is InChI=1S/C12H16ClNO/c1-15-10-4-5-12(13)11(7-10)9-3-2-6-14-8-9/h4-5,7,9,14H,2-3,6,8H2,1H3. The molecule has 0 saturated carbocycles. The summed E-state index contributed by atoms with van der Waals surface area (Å²) in [4.78, 5) is 0. The van der Waals surface area contributed by atoms with Crippen LogP contribution in [-0.2, 0) is 0 Å². The van der Waals surface area contributed by atoms with Crippen LogP contribution in [0.5, 0.6) is 5.75 Å². The first-order chi connectivity index (χ1) is 7.31. The minimum Gasteiger partial charge on any atom is -0.497 e. The Balaban J connectivity index is 2.24. The molecular formula is C12H16ClNO. The maximum Gasteiger partial charge on any atom is 0.119 e. The number of hydrogen-bond donors (Lipinski definition) is 1. The highest BCUT2D eigenvalue weighted by Crippen LogP contribution is 2.32. The van der Waals surface area contributed by atoms with Gasteiger partial charge in [-0.15, -0.1) is 0 Å². The van der Waals surface area contributed by atoms with Gasteiger partial charge in [-0.05, 0) is 49.1 Å². The third kappa shape index (κ3) is 2.44. The van der Waals surface area contributed by atoms with Gasteiger partial charge >= 0.3 is 0 Å². The molecule has 1 unspecified atom stereocenters.